The topological polar surface area (TPSA) is 49.9 Å². The van der Waals surface area contributed by atoms with Crippen LogP contribution in [0, 0.1) is 0 Å². The molecule has 0 radical (unpaired) electrons. The van der Waals surface area contributed by atoms with Crippen LogP contribution in [0.1, 0.15) is 35.3 Å². The van der Waals surface area contributed by atoms with Crippen molar-refractivity contribution in [2.24, 2.45) is 0 Å². The fraction of sp³-hybridized carbons (Fsp3) is 0.222. The normalized spacial score (nSPS) is 21.7. The summed E-state index contributed by atoms with van der Waals surface area (Å²) in [5.74, 6) is -0.534. The molecule has 0 unspecified atom stereocenters. The molecule has 0 aliphatic carbocycles. The number of benzene rings is 2. The Balaban J connectivity index is 1.83. The van der Waals surface area contributed by atoms with Gasteiger partial charge < -0.3 is 4.74 Å². The minimum Gasteiger partial charge on any atom is -0.440 e. The van der Waals surface area contributed by atoms with Gasteiger partial charge in [-0.15, -0.1) is 0 Å². The molecule has 0 spiro atoms. The lowest BCUT2D eigenvalue weighted by Gasteiger charge is -2.39. The molecule has 24 heavy (non-hydrogen) atoms. The van der Waals surface area contributed by atoms with Gasteiger partial charge in [-0.1, -0.05) is 34.1 Å². The van der Waals surface area contributed by atoms with Crippen LogP contribution in [0.5, 0.6) is 0 Å². The number of esters is 1. The molecule has 2 atom stereocenters. The summed E-state index contributed by atoms with van der Waals surface area (Å²) in [6.07, 6.45) is -0.0330. The van der Waals surface area contributed by atoms with Gasteiger partial charge in [0, 0.05) is 23.4 Å². The molecule has 0 saturated carbocycles. The molecular weight excluding hydrogens is 372 g/mol. The first kappa shape index (κ1) is 15.2. The lowest BCUT2D eigenvalue weighted by molar-refractivity contribution is -0.151. The van der Waals surface area contributed by atoms with E-state index in [1.54, 1.807) is 5.01 Å². The molecule has 2 aromatic rings. The number of carbonyl (C=O) groups is 2. The van der Waals surface area contributed by atoms with Crippen molar-refractivity contribution in [1.29, 1.82) is 0 Å². The third-order valence-corrected chi connectivity index (χ3v) is 4.91. The van der Waals surface area contributed by atoms with Gasteiger partial charge in [0.1, 0.15) is 0 Å². The quantitative estimate of drug-likeness (QED) is 0.739. The largest absolute Gasteiger partial charge is 0.440 e. The van der Waals surface area contributed by atoms with Gasteiger partial charge >= 0.3 is 5.97 Å². The van der Waals surface area contributed by atoms with E-state index in [4.69, 9.17) is 4.74 Å². The highest BCUT2D eigenvalue weighted by molar-refractivity contribution is 9.10. The summed E-state index contributed by atoms with van der Waals surface area (Å²) in [4.78, 5) is 24.5. The van der Waals surface area contributed by atoms with E-state index in [0.717, 1.165) is 15.7 Å². The monoisotopic (exact) mass is 386 g/mol. The number of hydrogen-bond acceptors (Lipinski definition) is 4. The number of anilines is 1. The molecule has 2 heterocycles. The predicted octanol–water partition coefficient (Wildman–Crippen LogP) is 3.66. The number of nitrogens with zero attached hydrogens (tertiary/aromatic N) is 2. The van der Waals surface area contributed by atoms with Crippen LogP contribution in [0.25, 0.3) is 0 Å². The average Bonchev–Trinajstić information content (AvgIpc) is 2.87. The fourth-order valence-corrected chi connectivity index (χ4v) is 3.72. The molecule has 4 rings (SSSR count). The first-order valence-electron chi connectivity index (χ1n) is 7.70. The van der Waals surface area contributed by atoms with Crippen molar-refractivity contribution >= 4 is 33.5 Å². The molecule has 0 N–H and O–H groups in total. The summed E-state index contributed by atoms with van der Waals surface area (Å²) < 4.78 is 6.38. The van der Waals surface area contributed by atoms with Crippen LogP contribution in [0.3, 0.4) is 0 Å². The number of fused-ring (bicyclic) bond motifs is 4. The van der Waals surface area contributed by atoms with Gasteiger partial charge in [-0.05, 0) is 35.9 Å². The van der Waals surface area contributed by atoms with E-state index in [-0.39, 0.29) is 17.9 Å². The summed E-state index contributed by atoms with van der Waals surface area (Å²) in [7, 11) is 0. The van der Waals surface area contributed by atoms with Gasteiger partial charge in [0.05, 0.1) is 11.7 Å². The number of hydrazine groups is 1. The smallest absolute Gasteiger partial charge is 0.304 e. The minimum absolute atomic E-state index is 0.0376. The highest BCUT2D eigenvalue weighted by Crippen LogP contribution is 2.46. The van der Waals surface area contributed by atoms with E-state index in [1.807, 2.05) is 53.5 Å². The molecule has 2 aromatic carbocycles. The SMILES string of the molecule is CC(=O)O[C@H]1C[C@H]2c3ccccc3C(=O)N1N2c1ccc(Br)cc1. The van der Waals surface area contributed by atoms with Crippen molar-refractivity contribution in [2.75, 3.05) is 5.01 Å². The maximum absolute atomic E-state index is 13.0. The Kier molecular flexibility index (Phi) is 3.57. The minimum atomic E-state index is -0.587. The molecular formula is C18H15BrN2O3. The standard InChI is InChI=1S/C18H15BrN2O3/c1-11(22)24-17-10-16-14-4-2-3-5-15(14)18(23)21(17)20(16)13-8-6-12(19)7-9-13/h2-9,16-17H,10H2,1H3/t16-,17-/m0/s1. The van der Waals surface area contributed by atoms with Crippen LogP contribution in [0.2, 0.25) is 0 Å². The van der Waals surface area contributed by atoms with E-state index in [9.17, 15) is 9.59 Å². The molecule has 1 amide bonds. The predicted molar refractivity (Wildman–Crippen MR) is 92.1 cm³/mol. The third kappa shape index (κ3) is 2.29. The van der Waals surface area contributed by atoms with E-state index >= 15 is 0 Å². The number of rotatable bonds is 2. The van der Waals surface area contributed by atoms with Gasteiger partial charge in [-0.2, -0.15) is 0 Å². The second-order valence-electron chi connectivity index (χ2n) is 5.87. The van der Waals surface area contributed by atoms with Gasteiger partial charge in [0.15, 0.2) is 6.23 Å². The van der Waals surface area contributed by atoms with Crippen molar-refractivity contribution < 1.29 is 14.3 Å². The lowest BCUT2D eigenvalue weighted by atomic mass is 9.97. The zero-order valence-corrected chi connectivity index (χ0v) is 14.6. The summed E-state index contributed by atoms with van der Waals surface area (Å²) in [6, 6.07) is 15.3. The molecule has 2 aliphatic rings. The number of ether oxygens (including phenoxy) is 1. The Hall–Kier alpha value is -2.34. The summed E-state index contributed by atoms with van der Waals surface area (Å²) in [5, 5.41) is 3.50. The molecule has 2 aliphatic heterocycles. The first-order chi connectivity index (χ1) is 11.6. The van der Waals surface area contributed by atoms with E-state index in [1.165, 1.54) is 6.92 Å². The molecule has 5 nitrogen and oxygen atoms in total. The summed E-state index contributed by atoms with van der Waals surface area (Å²) >= 11 is 3.43. The fourth-order valence-electron chi connectivity index (χ4n) is 3.46. The maximum Gasteiger partial charge on any atom is 0.304 e. The van der Waals surface area contributed by atoms with Crippen LogP contribution in [0.15, 0.2) is 53.0 Å². The van der Waals surface area contributed by atoms with Crippen LogP contribution >= 0.6 is 15.9 Å². The Bertz CT molecular complexity index is 821. The molecule has 1 saturated heterocycles. The van der Waals surface area contributed by atoms with E-state index < -0.39 is 6.23 Å². The number of halogens is 1. The van der Waals surface area contributed by atoms with Crippen LogP contribution in [-0.2, 0) is 9.53 Å². The Morgan fingerprint density at radius 3 is 2.54 bits per heavy atom. The molecule has 2 bridgehead atoms. The van der Waals surface area contributed by atoms with Gasteiger partial charge in [0.2, 0.25) is 0 Å². The average molecular weight is 387 g/mol. The van der Waals surface area contributed by atoms with Crippen molar-refractivity contribution in [3.8, 4) is 0 Å². The summed E-state index contributed by atoms with van der Waals surface area (Å²) in [6.45, 7) is 1.37. The zero-order valence-electron chi connectivity index (χ0n) is 13.0. The Labute approximate surface area is 147 Å². The lowest BCUT2D eigenvalue weighted by Crippen LogP contribution is -2.50. The number of carbonyl (C=O) groups excluding carboxylic acids is 2. The van der Waals surface area contributed by atoms with Crippen molar-refractivity contribution in [2.45, 2.75) is 25.6 Å². The molecule has 122 valence electrons. The molecule has 6 heteroatoms. The van der Waals surface area contributed by atoms with Crippen LogP contribution in [0.4, 0.5) is 5.69 Å². The molecule has 1 fully saturated rings. The van der Waals surface area contributed by atoms with Gasteiger partial charge in [0.25, 0.3) is 5.91 Å². The summed E-state index contributed by atoms with van der Waals surface area (Å²) in [5.41, 5.74) is 2.53. The van der Waals surface area contributed by atoms with E-state index in [2.05, 4.69) is 15.9 Å². The maximum atomic E-state index is 13.0. The Morgan fingerprint density at radius 2 is 1.83 bits per heavy atom. The van der Waals surface area contributed by atoms with Crippen LogP contribution < -0.4 is 5.01 Å². The highest BCUT2D eigenvalue weighted by atomic mass is 79.9. The second kappa shape index (κ2) is 5.63. The van der Waals surface area contributed by atoms with Gasteiger partial charge in [-0.3, -0.25) is 14.6 Å². The number of hydrogen-bond donors (Lipinski definition) is 0. The highest BCUT2D eigenvalue weighted by Gasteiger charge is 2.50. The van der Waals surface area contributed by atoms with Crippen molar-refractivity contribution in [1.82, 2.24) is 5.01 Å². The van der Waals surface area contributed by atoms with Gasteiger partial charge in [-0.25, -0.2) is 5.01 Å². The van der Waals surface area contributed by atoms with E-state index in [0.29, 0.717) is 12.0 Å². The van der Waals surface area contributed by atoms with Crippen LogP contribution in [-0.4, -0.2) is 23.1 Å². The molecule has 0 aromatic heterocycles. The van der Waals surface area contributed by atoms with Crippen molar-refractivity contribution in [3.05, 3.63) is 64.1 Å². The third-order valence-electron chi connectivity index (χ3n) is 4.38. The Morgan fingerprint density at radius 1 is 1.12 bits per heavy atom. The van der Waals surface area contributed by atoms with Crippen molar-refractivity contribution in [3.63, 3.8) is 0 Å². The zero-order chi connectivity index (χ0) is 16.8. The number of amides is 1. The first-order valence-corrected chi connectivity index (χ1v) is 8.50. The second-order valence-corrected chi connectivity index (χ2v) is 6.79.